The van der Waals surface area contributed by atoms with E-state index in [2.05, 4.69) is 121 Å². The predicted octanol–water partition coefficient (Wildman–Crippen LogP) is 12.6. The molecule has 0 bridgehead atoms. The third-order valence-electron chi connectivity index (χ3n) is 10.2. The number of fused-ring (bicyclic) bond motifs is 8. The maximum Gasteiger partial charge on any atom is 0.264 e. The van der Waals surface area contributed by atoms with Gasteiger partial charge in [0, 0.05) is 27.6 Å². The average molecular weight is 666 g/mol. The van der Waals surface area contributed by atoms with E-state index >= 15 is 4.79 Å². The Balaban J connectivity index is 1.45. The van der Waals surface area contributed by atoms with Crippen molar-refractivity contribution in [2.75, 3.05) is 0 Å². The second-order valence-corrected chi connectivity index (χ2v) is 13.2. The summed E-state index contributed by atoms with van der Waals surface area (Å²) in [5.41, 5.74) is 11.4. The van der Waals surface area contributed by atoms with Crippen LogP contribution in [0, 0.1) is 0 Å². The van der Waals surface area contributed by atoms with Gasteiger partial charge in [0.05, 0.1) is 16.6 Å². The number of hydrogen-bond donors (Lipinski definition) is 0. The monoisotopic (exact) mass is 665 g/mol. The van der Waals surface area contributed by atoms with Gasteiger partial charge in [0.15, 0.2) is 0 Å². The summed E-state index contributed by atoms with van der Waals surface area (Å²) in [6.07, 6.45) is 0. The second-order valence-electron chi connectivity index (χ2n) is 13.2. The van der Waals surface area contributed by atoms with Crippen molar-refractivity contribution in [2.45, 2.75) is 0 Å². The first kappa shape index (κ1) is 29.9. The summed E-state index contributed by atoms with van der Waals surface area (Å²) in [7, 11) is 0. The van der Waals surface area contributed by atoms with E-state index in [0.717, 1.165) is 89.1 Å². The first-order valence-electron chi connectivity index (χ1n) is 17.6. The van der Waals surface area contributed by atoms with E-state index in [9.17, 15) is 0 Å². The van der Waals surface area contributed by atoms with Gasteiger partial charge in [-0.05, 0) is 75.2 Å². The summed E-state index contributed by atoms with van der Waals surface area (Å²) >= 11 is 0. The average Bonchev–Trinajstić information content (AvgIpc) is 3.22. The van der Waals surface area contributed by atoms with E-state index in [1.165, 1.54) is 0 Å². The van der Waals surface area contributed by atoms with Crippen LogP contribution >= 0.6 is 0 Å². The molecule has 3 nitrogen and oxygen atoms in total. The topological polar surface area (TPSA) is 31.2 Å². The van der Waals surface area contributed by atoms with Crippen molar-refractivity contribution in [3.63, 3.8) is 0 Å². The maximum absolute atomic E-state index is 15.6. The van der Waals surface area contributed by atoms with Crippen LogP contribution in [-0.4, -0.2) is 4.57 Å². The molecular weight excluding hydrogens is 635 g/mol. The van der Waals surface area contributed by atoms with E-state index in [0.29, 0.717) is 5.39 Å². The molecule has 10 rings (SSSR count). The Morgan fingerprint density at radius 2 is 0.904 bits per heavy atom. The molecule has 0 aliphatic carbocycles. The summed E-state index contributed by atoms with van der Waals surface area (Å²) in [5, 5.41) is 2.59. The molecule has 0 spiro atoms. The number of hydrogen-bond acceptors (Lipinski definition) is 2. The van der Waals surface area contributed by atoms with Crippen LogP contribution in [0.1, 0.15) is 0 Å². The number of rotatable bonds is 3. The molecule has 2 heterocycles. The highest BCUT2D eigenvalue weighted by Gasteiger charge is 2.26. The molecule has 0 atom stereocenters. The molecule has 8 aromatic carbocycles. The zero-order chi connectivity index (χ0) is 34.6. The van der Waals surface area contributed by atoms with Gasteiger partial charge in [-0.3, -0.25) is 9.36 Å². The van der Waals surface area contributed by atoms with Crippen molar-refractivity contribution in [3.8, 4) is 72.8 Å². The van der Waals surface area contributed by atoms with Crippen LogP contribution in [-0.2, 0) is 0 Å². The van der Waals surface area contributed by atoms with Gasteiger partial charge in [0.2, 0.25) is 0 Å². The van der Waals surface area contributed by atoms with E-state index < -0.39 is 0 Å². The molecule has 52 heavy (non-hydrogen) atoms. The fourth-order valence-electron chi connectivity index (χ4n) is 7.82. The fourth-order valence-corrected chi connectivity index (χ4v) is 7.82. The quantitative estimate of drug-likeness (QED) is 0.176. The second kappa shape index (κ2) is 12.1. The van der Waals surface area contributed by atoms with Crippen LogP contribution in [0.4, 0.5) is 0 Å². The Kier molecular flexibility index (Phi) is 6.97. The molecule has 0 saturated heterocycles. The van der Waals surface area contributed by atoms with Gasteiger partial charge in [-0.2, -0.15) is 0 Å². The Labute approximate surface area is 301 Å². The van der Waals surface area contributed by atoms with Gasteiger partial charge in [-0.15, -0.1) is 0 Å². The van der Waals surface area contributed by atoms with Crippen LogP contribution in [0.3, 0.4) is 0 Å². The molecule has 3 heteroatoms. The standard InChI is InChI=1S/C49H31NO2/c51-49-47-37(34-19-8-3-9-20-34)23-14-24-40(47)43-31-36(33-17-6-2-7-18-33)30-42-39-22-11-13-26-46(39)52-45-25-12-10-21-38(45)41-29-35(32-15-4-1-5-16-32)27-28-44(41)50(49)48(42)43/h1-31H. The van der Waals surface area contributed by atoms with E-state index in [4.69, 9.17) is 4.74 Å². The highest BCUT2D eigenvalue weighted by Crippen LogP contribution is 2.47. The van der Waals surface area contributed by atoms with Gasteiger partial charge >= 0.3 is 0 Å². The van der Waals surface area contributed by atoms with Crippen molar-refractivity contribution < 1.29 is 4.74 Å². The molecule has 0 unspecified atom stereocenters. The number of para-hydroxylation sites is 2. The summed E-state index contributed by atoms with van der Waals surface area (Å²) < 4.78 is 8.89. The van der Waals surface area contributed by atoms with Gasteiger partial charge < -0.3 is 4.74 Å². The van der Waals surface area contributed by atoms with Crippen molar-refractivity contribution >= 4 is 21.7 Å². The number of pyridine rings is 1. The van der Waals surface area contributed by atoms with Crippen molar-refractivity contribution in [1.82, 2.24) is 4.57 Å². The Morgan fingerprint density at radius 1 is 0.365 bits per heavy atom. The molecule has 0 saturated carbocycles. The van der Waals surface area contributed by atoms with Crippen LogP contribution in [0.15, 0.2) is 193 Å². The summed E-state index contributed by atoms with van der Waals surface area (Å²) in [5.74, 6) is 1.44. The van der Waals surface area contributed by atoms with E-state index in [1.54, 1.807) is 0 Å². The summed E-state index contributed by atoms with van der Waals surface area (Å²) in [4.78, 5) is 15.6. The fraction of sp³-hybridized carbons (Fsp3) is 0. The molecular formula is C49H31NO2. The predicted molar refractivity (Wildman–Crippen MR) is 214 cm³/mol. The first-order chi connectivity index (χ1) is 25.7. The molecule has 1 aromatic heterocycles. The highest BCUT2D eigenvalue weighted by molar-refractivity contribution is 6.16. The Hall–Kier alpha value is -6.97. The van der Waals surface area contributed by atoms with Gasteiger partial charge in [-0.25, -0.2) is 0 Å². The van der Waals surface area contributed by atoms with Crippen LogP contribution in [0.2, 0.25) is 0 Å². The number of benzene rings is 8. The van der Waals surface area contributed by atoms with Crippen LogP contribution < -0.4 is 10.3 Å². The number of nitrogens with zero attached hydrogens (tertiary/aromatic N) is 1. The Morgan fingerprint density at radius 3 is 1.58 bits per heavy atom. The highest BCUT2D eigenvalue weighted by atomic mass is 16.5. The van der Waals surface area contributed by atoms with Gasteiger partial charge in [0.1, 0.15) is 11.5 Å². The molecule has 0 amide bonds. The minimum Gasteiger partial charge on any atom is -0.456 e. The number of aromatic nitrogens is 1. The summed E-state index contributed by atoms with van der Waals surface area (Å²) in [6, 6.07) is 64.5. The van der Waals surface area contributed by atoms with Crippen LogP contribution in [0.25, 0.3) is 83.0 Å². The molecule has 244 valence electrons. The smallest absolute Gasteiger partial charge is 0.264 e. The zero-order valence-electron chi connectivity index (χ0n) is 28.2. The van der Waals surface area contributed by atoms with Crippen molar-refractivity contribution in [2.24, 2.45) is 0 Å². The summed E-state index contributed by atoms with van der Waals surface area (Å²) in [6.45, 7) is 0. The lowest BCUT2D eigenvalue weighted by molar-refractivity contribution is 0.486. The normalized spacial score (nSPS) is 11.7. The van der Waals surface area contributed by atoms with Crippen LogP contribution in [0.5, 0.6) is 11.5 Å². The van der Waals surface area contributed by atoms with E-state index in [1.807, 2.05) is 71.3 Å². The van der Waals surface area contributed by atoms with Gasteiger partial charge in [-0.1, -0.05) is 152 Å². The first-order valence-corrected chi connectivity index (χ1v) is 17.6. The maximum atomic E-state index is 15.6. The Bertz CT molecular complexity index is 2870. The largest absolute Gasteiger partial charge is 0.456 e. The van der Waals surface area contributed by atoms with E-state index in [-0.39, 0.29) is 5.56 Å². The molecule has 0 N–H and O–H groups in total. The minimum absolute atomic E-state index is 0.0687. The van der Waals surface area contributed by atoms with Crippen molar-refractivity contribution in [3.05, 3.63) is 198 Å². The SMILES string of the molecule is O=c1c2c(-c3ccccc3)cccc2c2cc(-c3ccccc3)cc3c2n1-c1ccc(-c2ccccc2)cc1-c1ccccc1Oc1ccccc1-3. The third-order valence-corrected chi connectivity index (χ3v) is 10.2. The number of ether oxygens (including phenoxy) is 1. The van der Waals surface area contributed by atoms with Gasteiger partial charge in [0.25, 0.3) is 5.56 Å². The molecule has 0 radical (unpaired) electrons. The van der Waals surface area contributed by atoms with Crippen molar-refractivity contribution in [1.29, 1.82) is 0 Å². The lowest BCUT2D eigenvalue weighted by Crippen LogP contribution is -2.21. The third kappa shape index (κ3) is 4.79. The minimum atomic E-state index is -0.0687. The molecule has 1 aliphatic rings. The molecule has 0 fully saturated rings. The molecule has 1 aliphatic heterocycles. The molecule has 9 aromatic rings. The zero-order valence-corrected chi connectivity index (χ0v) is 28.2. The lowest BCUT2D eigenvalue weighted by atomic mass is 9.90. The lowest BCUT2D eigenvalue weighted by Gasteiger charge is -2.25.